The molecule has 0 radical (unpaired) electrons. The molecule has 1 fully saturated rings. The molecule has 5 rings (SSSR count). The first kappa shape index (κ1) is 23.1. The molecule has 1 saturated heterocycles. The van der Waals surface area contributed by atoms with E-state index in [1.165, 1.54) is 0 Å². The van der Waals surface area contributed by atoms with Crippen molar-refractivity contribution in [2.75, 3.05) is 65.6 Å². The van der Waals surface area contributed by atoms with Crippen LogP contribution in [0.15, 0.2) is 60.7 Å². The Morgan fingerprint density at radius 2 is 1.49 bits per heavy atom. The van der Waals surface area contributed by atoms with E-state index in [0.717, 1.165) is 84.8 Å². The van der Waals surface area contributed by atoms with E-state index in [4.69, 9.17) is 24.3 Å². The van der Waals surface area contributed by atoms with Gasteiger partial charge in [-0.1, -0.05) is 30.3 Å². The molecule has 35 heavy (non-hydrogen) atoms. The highest BCUT2D eigenvalue weighted by molar-refractivity contribution is 5.72. The Balaban J connectivity index is 1.57. The fourth-order valence-corrected chi connectivity index (χ4v) is 4.46. The summed E-state index contributed by atoms with van der Waals surface area (Å²) in [6.45, 7) is 5.50. The SMILES string of the molecule is COCCN1CCN(c2cc(-c3ccccc3)nc3cc(-c4cc(OC)cc(OC)c4)nn23)CC1. The molecular formula is C27H31N5O3. The Morgan fingerprint density at radius 1 is 0.771 bits per heavy atom. The summed E-state index contributed by atoms with van der Waals surface area (Å²) in [6, 6.07) is 20.3. The van der Waals surface area contributed by atoms with Gasteiger partial charge in [-0.25, -0.2) is 4.98 Å². The summed E-state index contributed by atoms with van der Waals surface area (Å²) in [5, 5.41) is 4.98. The van der Waals surface area contributed by atoms with Gasteiger partial charge in [0.15, 0.2) is 5.65 Å². The third-order valence-corrected chi connectivity index (χ3v) is 6.43. The quantitative estimate of drug-likeness (QED) is 0.385. The number of nitrogens with zero attached hydrogens (tertiary/aromatic N) is 5. The van der Waals surface area contributed by atoms with Crippen molar-refractivity contribution >= 4 is 11.5 Å². The maximum Gasteiger partial charge on any atom is 0.158 e. The van der Waals surface area contributed by atoms with Crippen molar-refractivity contribution in [1.82, 2.24) is 19.5 Å². The van der Waals surface area contributed by atoms with Gasteiger partial charge in [-0.15, -0.1) is 0 Å². The van der Waals surface area contributed by atoms with Crippen LogP contribution in [0.3, 0.4) is 0 Å². The summed E-state index contributed by atoms with van der Waals surface area (Å²) in [7, 11) is 5.06. The molecule has 4 aromatic rings. The zero-order valence-corrected chi connectivity index (χ0v) is 20.5. The van der Waals surface area contributed by atoms with Gasteiger partial charge in [0.25, 0.3) is 0 Å². The highest BCUT2D eigenvalue weighted by Gasteiger charge is 2.22. The molecule has 1 aliphatic heterocycles. The molecule has 0 amide bonds. The molecule has 0 atom stereocenters. The molecule has 0 aliphatic carbocycles. The van der Waals surface area contributed by atoms with Gasteiger partial charge < -0.3 is 19.1 Å². The number of methoxy groups -OCH3 is 3. The molecule has 182 valence electrons. The van der Waals surface area contributed by atoms with Crippen LogP contribution in [-0.4, -0.2) is 80.2 Å². The predicted octanol–water partition coefficient (Wildman–Crippen LogP) is 3.85. The number of anilines is 1. The Hall–Kier alpha value is -3.62. The van der Waals surface area contributed by atoms with Gasteiger partial charge in [-0.3, -0.25) is 4.90 Å². The lowest BCUT2D eigenvalue weighted by molar-refractivity contribution is 0.144. The molecule has 0 N–H and O–H groups in total. The van der Waals surface area contributed by atoms with Crippen LogP contribution < -0.4 is 14.4 Å². The van der Waals surface area contributed by atoms with E-state index >= 15 is 0 Å². The summed E-state index contributed by atoms with van der Waals surface area (Å²) in [4.78, 5) is 9.81. The zero-order chi connectivity index (χ0) is 24.2. The molecule has 1 aliphatic rings. The van der Waals surface area contributed by atoms with E-state index < -0.39 is 0 Å². The Bertz CT molecular complexity index is 1260. The fraction of sp³-hybridized carbons (Fsp3) is 0.333. The smallest absolute Gasteiger partial charge is 0.158 e. The Morgan fingerprint density at radius 3 is 2.14 bits per heavy atom. The Labute approximate surface area is 205 Å². The molecule has 0 unspecified atom stereocenters. The van der Waals surface area contributed by atoms with Gasteiger partial charge in [0.05, 0.1) is 32.2 Å². The third kappa shape index (κ3) is 4.94. The number of benzene rings is 2. The van der Waals surface area contributed by atoms with Crippen molar-refractivity contribution in [2.24, 2.45) is 0 Å². The number of piperazine rings is 1. The molecule has 3 heterocycles. The van der Waals surface area contributed by atoms with E-state index in [9.17, 15) is 0 Å². The minimum Gasteiger partial charge on any atom is -0.497 e. The van der Waals surface area contributed by atoms with E-state index in [2.05, 4.69) is 28.0 Å². The van der Waals surface area contributed by atoms with E-state index in [0.29, 0.717) is 0 Å². The number of fused-ring (bicyclic) bond motifs is 1. The van der Waals surface area contributed by atoms with Crippen molar-refractivity contribution in [3.05, 3.63) is 60.7 Å². The van der Waals surface area contributed by atoms with Crippen LogP contribution in [0.1, 0.15) is 0 Å². The average molecular weight is 474 g/mol. The standard InChI is InChI=1S/C27H31N5O3/c1-33-14-13-30-9-11-31(12-10-30)27-19-24(20-7-5-4-6-8-20)28-26-18-25(29-32(26)27)21-15-22(34-2)17-23(16-21)35-3/h4-8,15-19H,9-14H2,1-3H3. The van der Waals surface area contributed by atoms with Crippen LogP contribution in [0.4, 0.5) is 5.82 Å². The maximum absolute atomic E-state index is 5.47. The highest BCUT2D eigenvalue weighted by atomic mass is 16.5. The Kier molecular flexibility index (Phi) is 6.83. The van der Waals surface area contributed by atoms with Crippen LogP contribution in [0.25, 0.3) is 28.2 Å². The first-order chi connectivity index (χ1) is 17.2. The lowest BCUT2D eigenvalue weighted by Crippen LogP contribution is -2.47. The number of ether oxygens (including phenoxy) is 3. The van der Waals surface area contributed by atoms with Crippen LogP contribution >= 0.6 is 0 Å². The number of hydrogen-bond donors (Lipinski definition) is 0. The summed E-state index contributed by atoms with van der Waals surface area (Å²) < 4.78 is 18.2. The molecule has 0 saturated carbocycles. The third-order valence-electron chi connectivity index (χ3n) is 6.43. The first-order valence-corrected chi connectivity index (χ1v) is 11.8. The molecule has 8 nitrogen and oxygen atoms in total. The minimum absolute atomic E-state index is 0.724. The van der Waals surface area contributed by atoms with Crippen molar-refractivity contribution in [1.29, 1.82) is 0 Å². The second-order valence-electron chi connectivity index (χ2n) is 8.59. The van der Waals surface area contributed by atoms with Crippen LogP contribution in [0.2, 0.25) is 0 Å². The first-order valence-electron chi connectivity index (χ1n) is 11.8. The largest absolute Gasteiger partial charge is 0.497 e. The second kappa shape index (κ2) is 10.3. The van der Waals surface area contributed by atoms with Gasteiger partial charge in [-0.2, -0.15) is 9.61 Å². The zero-order valence-electron chi connectivity index (χ0n) is 20.5. The summed E-state index contributed by atoms with van der Waals surface area (Å²) in [5.74, 6) is 2.49. The average Bonchev–Trinajstić information content (AvgIpc) is 3.36. The fourth-order valence-electron chi connectivity index (χ4n) is 4.46. The number of aromatic nitrogens is 3. The monoisotopic (exact) mass is 473 g/mol. The van der Waals surface area contributed by atoms with Gasteiger partial charge in [-0.05, 0) is 12.1 Å². The normalized spacial score (nSPS) is 14.4. The van der Waals surface area contributed by atoms with Crippen LogP contribution in [0, 0.1) is 0 Å². The van der Waals surface area contributed by atoms with Crippen LogP contribution in [-0.2, 0) is 4.74 Å². The van der Waals surface area contributed by atoms with Crippen molar-refractivity contribution in [3.63, 3.8) is 0 Å². The lowest BCUT2D eigenvalue weighted by Gasteiger charge is -2.35. The van der Waals surface area contributed by atoms with Crippen molar-refractivity contribution < 1.29 is 14.2 Å². The predicted molar refractivity (Wildman–Crippen MR) is 137 cm³/mol. The van der Waals surface area contributed by atoms with Crippen molar-refractivity contribution in [3.8, 4) is 34.0 Å². The molecular weight excluding hydrogens is 442 g/mol. The molecule has 0 bridgehead atoms. The van der Waals surface area contributed by atoms with Crippen LogP contribution in [0.5, 0.6) is 11.5 Å². The summed E-state index contributed by atoms with van der Waals surface area (Å²) in [6.07, 6.45) is 0. The van der Waals surface area contributed by atoms with E-state index in [-0.39, 0.29) is 0 Å². The molecule has 0 spiro atoms. The number of rotatable bonds is 8. The number of hydrogen-bond acceptors (Lipinski definition) is 7. The van der Waals surface area contributed by atoms with E-state index in [1.54, 1.807) is 21.3 Å². The van der Waals surface area contributed by atoms with Gasteiger partial charge in [0.2, 0.25) is 0 Å². The minimum atomic E-state index is 0.724. The van der Waals surface area contributed by atoms with Crippen molar-refractivity contribution in [2.45, 2.75) is 0 Å². The van der Waals surface area contributed by atoms with Gasteiger partial charge >= 0.3 is 0 Å². The van der Waals surface area contributed by atoms with E-state index in [1.807, 2.05) is 47.0 Å². The lowest BCUT2D eigenvalue weighted by atomic mass is 10.1. The molecule has 2 aromatic heterocycles. The highest BCUT2D eigenvalue weighted by Crippen LogP contribution is 2.32. The van der Waals surface area contributed by atoms with Gasteiger partial charge in [0.1, 0.15) is 17.3 Å². The molecule has 8 heteroatoms. The van der Waals surface area contributed by atoms with Gasteiger partial charge in [0, 0.05) is 69.2 Å². The maximum atomic E-state index is 5.47. The second-order valence-corrected chi connectivity index (χ2v) is 8.59. The summed E-state index contributed by atoms with van der Waals surface area (Å²) >= 11 is 0. The molecule has 2 aromatic carbocycles. The summed E-state index contributed by atoms with van der Waals surface area (Å²) in [5.41, 5.74) is 4.56. The topological polar surface area (TPSA) is 64.4 Å².